The standard InChI is InChI=1S/C19H23ClN2O2/c1-13(2)15-6-4-5-7-16(15)22-19(23)10-11-21-17-12-14(20)8-9-18(17)24-3/h4-9,12-13,21H,10-11H2,1-3H3,(H,22,23). The topological polar surface area (TPSA) is 50.4 Å². The van der Waals surface area contributed by atoms with Crippen molar-refractivity contribution >= 4 is 28.9 Å². The largest absolute Gasteiger partial charge is 0.495 e. The Morgan fingerprint density at radius 2 is 1.92 bits per heavy atom. The summed E-state index contributed by atoms with van der Waals surface area (Å²) in [6, 6.07) is 13.2. The average molecular weight is 347 g/mol. The molecule has 2 N–H and O–H groups in total. The van der Waals surface area contributed by atoms with E-state index in [0.29, 0.717) is 29.7 Å². The van der Waals surface area contributed by atoms with Crippen molar-refractivity contribution in [2.75, 3.05) is 24.3 Å². The van der Waals surface area contributed by atoms with E-state index in [0.717, 1.165) is 16.9 Å². The van der Waals surface area contributed by atoms with Crippen LogP contribution >= 0.6 is 11.6 Å². The van der Waals surface area contributed by atoms with Crippen molar-refractivity contribution in [2.24, 2.45) is 0 Å². The molecule has 2 aromatic rings. The van der Waals surface area contributed by atoms with Crippen LogP contribution < -0.4 is 15.4 Å². The van der Waals surface area contributed by atoms with Crippen molar-refractivity contribution in [3.63, 3.8) is 0 Å². The molecule has 0 atom stereocenters. The minimum absolute atomic E-state index is 0.0309. The normalized spacial score (nSPS) is 10.5. The van der Waals surface area contributed by atoms with E-state index in [1.807, 2.05) is 24.3 Å². The van der Waals surface area contributed by atoms with Gasteiger partial charge in [0.05, 0.1) is 12.8 Å². The molecule has 128 valence electrons. The highest BCUT2D eigenvalue weighted by Gasteiger charge is 2.09. The fraction of sp³-hybridized carbons (Fsp3) is 0.316. The summed E-state index contributed by atoms with van der Waals surface area (Å²) < 4.78 is 5.27. The number of nitrogens with one attached hydrogen (secondary N) is 2. The monoisotopic (exact) mass is 346 g/mol. The first-order chi connectivity index (χ1) is 11.5. The third-order valence-electron chi connectivity index (χ3n) is 3.69. The number of anilines is 2. The molecular formula is C19H23ClN2O2. The van der Waals surface area contributed by atoms with Crippen molar-refractivity contribution in [1.82, 2.24) is 0 Å². The van der Waals surface area contributed by atoms with Gasteiger partial charge in [-0.15, -0.1) is 0 Å². The number of carbonyl (C=O) groups is 1. The number of benzene rings is 2. The molecule has 5 heteroatoms. The van der Waals surface area contributed by atoms with E-state index in [-0.39, 0.29) is 5.91 Å². The van der Waals surface area contributed by atoms with E-state index in [9.17, 15) is 4.79 Å². The molecule has 0 unspecified atom stereocenters. The third kappa shape index (κ3) is 4.90. The van der Waals surface area contributed by atoms with Crippen molar-refractivity contribution in [2.45, 2.75) is 26.2 Å². The summed E-state index contributed by atoms with van der Waals surface area (Å²) in [5, 5.41) is 6.79. The van der Waals surface area contributed by atoms with Crippen LogP contribution in [0.25, 0.3) is 0 Å². The highest BCUT2D eigenvalue weighted by Crippen LogP contribution is 2.27. The lowest BCUT2D eigenvalue weighted by Gasteiger charge is -2.14. The number of rotatable bonds is 7. The van der Waals surface area contributed by atoms with Gasteiger partial charge in [-0.1, -0.05) is 43.6 Å². The Bertz CT molecular complexity index is 702. The molecule has 0 aliphatic carbocycles. The van der Waals surface area contributed by atoms with Crippen LogP contribution in [0.4, 0.5) is 11.4 Å². The van der Waals surface area contributed by atoms with Gasteiger partial charge in [-0.3, -0.25) is 4.79 Å². The van der Waals surface area contributed by atoms with Gasteiger partial charge in [0.1, 0.15) is 5.75 Å². The maximum Gasteiger partial charge on any atom is 0.226 e. The van der Waals surface area contributed by atoms with Crippen LogP contribution in [-0.4, -0.2) is 19.6 Å². The van der Waals surface area contributed by atoms with E-state index in [1.165, 1.54) is 0 Å². The lowest BCUT2D eigenvalue weighted by molar-refractivity contribution is -0.115. The van der Waals surface area contributed by atoms with Gasteiger partial charge in [0.2, 0.25) is 5.91 Å². The van der Waals surface area contributed by atoms with Crippen molar-refractivity contribution in [1.29, 1.82) is 0 Å². The van der Waals surface area contributed by atoms with E-state index in [1.54, 1.807) is 25.3 Å². The summed E-state index contributed by atoms with van der Waals surface area (Å²) in [4.78, 5) is 12.2. The Labute approximate surface area is 148 Å². The molecule has 4 nitrogen and oxygen atoms in total. The van der Waals surface area contributed by atoms with Gasteiger partial charge < -0.3 is 15.4 Å². The summed E-state index contributed by atoms with van der Waals surface area (Å²) in [6.07, 6.45) is 0.349. The van der Waals surface area contributed by atoms with Crippen LogP contribution in [0.1, 0.15) is 31.7 Å². The molecule has 0 heterocycles. The molecule has 0 aliphatic rings. The van der Waals surface area contributed by atoms with Crippen LogP contribution in [0.3, 0.4) is 0 Å². The maximum atomic E-state index is 12.2. The summed E-state index contributed by atoms with van der Waals surface area (Å²) in [7, 11) is 1.60. The molecule has 0 aliphatic heterocycles. The summed E-state index contributed by atoms with van der Waals surface area (Å²) in [5.41, 5.74) is 2.79. The number of para-hydroxylation sites is 1. The first kappa shape index (κ1) is 18.1. The number of halogens is 1. The molecule has 0 bridgehead atoms. The highest BCUT2D eigenvalue weighted by molar-refractivity contribution is 6.30. The van der Waals surface area contributed by atoms with Crippen LogP contribution in [0.15, 0.2) is 42.5 Å². The molecule has 1 amide bonds. The number of carbonyl (C=O) groups excluding carboxylic acids is 1. The second-order valence-electron chi connectivity index (χ2n) is 5.81. The van der Waals surface area contributed by atoms with Gasteiger partial charge in [-0.25, -0.2) is 0 Å². The van der Waals surface area contributed by atoms with E-state index in [4.69, 9.17) is 16.3 Å². The zero-order valence-electron chi connectivity index (χ0n) is 14.2. The van der Waals surface area contributed by atoms with Gasteiger partial charge in [0.25, 0.3) is 0 Å². The molecule has 0 saturated heterocycles. The van der Waals surface area contributed by atoms with Crippen molar-refractivity contribution < 1.29 is 9.53 Å². The molecule has 2 aromatic carbocycles. The van der Waals surface area contributed by atoms with Gasteiger partial charge in [0, 0.05) is 23.7 Å². The average Bonchev–Trinajstić information content (AvgIpc) is 2.55. The SMILES string of the molecule is COc1ccc(Cl)cc1NCCC(=O)Nc1ccccc1C(C)C. The van der Waals surface area contributed by atoms with Crippen molar-refractivity contribution in [3.05, 3.63) is 53.1 Å². The molecule has 0 radical (unpaired) electrons. The first-order valence-corrected chi connectivity index (χ1v) is 8.35. The minimum atomic E-state index is -0.0309. The maximum absolute atomic E-state index is 12.2. The van der Waals surface area contributed by atoms with Crippen LogP contribution in [0.5, 0.6) is 5.75 Å². The predicted molar refractivity (Wildman–Crippen MR) is 100 cm³/mol. The number of ether oxygens (including phenoxy) is 1. The third-order valence-corrected chi connectivity index (χ3v) is 3.92. The Kier molecular flexibility index (Phi) is 6.50. The Hall–Kier alpha value is -2.20. The Morgan fingerprint density at radius 3 is 2.62 bits per heavy atom. The predicted octanol–water partition coefficient (Wildman–Crippen LogP) is 4.91. The summed E-state index contributed by atoms with van der Waals surface area (Å²) in [5.74, 6) is 1.02. The number of methoxy groups -OCH3 is 1. The molecule has 2 rings (SSSR count). The zero-order valence-corrected chi connectivity index (χ0v) is 15.0. The summed E-state index contributed by atoms with van der Waals surface area (Å²) >= 11 is 5.99. The number of hydrogen-bond donors (Lipinski definition) is 2. The highest BCUT2D eigenvalue weighted by atomic mass is 35.5. The lowest BCUT2D eigenvalue weighted by Crippen LogP contribution is -2.17. The zero-order chi connectivity index (χ0) is 17.5. The minimum Gasteiger partial charge on any atom is -0.495 e. The van der Waals surface area contributed by atoms with Gasteiger partial charge >= 0.3 is 0 Å². The number of hydrogen-bond acceptors (Lipinski definition) is 3. The van der Waals surface area contributed by atoms with E-state index >= 15 is 0 Å². The van der Waals surface area contributed by atoms with Gasteiger partial charge in [0.15, 0.2) is 0 Å². The smallest absolute Gasteiger partial charge is 0.226 e. The van der Waals surface area contributed by atoms with Gasteiger partial charge in [-0.2, -0.15) is 0 Å². The summed E-state index contributed by atoms with van der Waals surface area (Å²) in [6.45, 7) is 4.71. The van der Waals surface area contributed by atoms with Crippen molar-refractivity contribution in [3.8, 4) is 5.75 Å². The molecule has 0 fully saturated rings. The first-order valence-electron chi connectivity index (χ1n) is 7.97. The van der Waals surface area contributed by atoms with Crippen LogP contribution in [0, 0.1) is 0 Å². The quantitative estimate of drug-likeness (QED) is 0.748. The van der Waals surface area contributed by atoms with E-state index < -0.39 is 0 Å². The lowest BCUT2D eigenvalue weighted by atomic mass is 10.0. The molecule has 0 spiro atoms. The fourth-order valence-corrected chi connectivity index (χ4v) is 2.63. The second kappa shape index (κ2) is 8.60. The molecule has 0 saturated carbocycles. The molecule has 0 aromatic heterocycles. The Morgan fingerprint density at radius 1 is 1.17 bits per heavy atom. The van der Waals surface area contributed by atoms with Gasteiger partial charge in [-0.05, 0) is 35.7 Å². The number of amides is 1. The van der Waals surface area contributed by atoms with Crippen LogP contribution in [-0.2, 0) is 4.79 Å². The van der Waals surface area contributed by atoms with Crippen LogP contribution in [0.2, 0.25) is 5.02 Å². The fourth-order valence-electron chi connectivity index (χ4n) is 2.46. The second-order valence-corrected chi connectivity index (χ2v) is 6.25. The van der Waals surface area contributed by atoms with E-state index in [2.05, 4.69) is 24.5 Å². The molecule has 24 heavy (non-hydrogen) atoms. The molecular weight excluding hydrogens is 324 g/mol. The Balaban J connectivity index is 1.92.